The minimum Gasteiger partial charge on any atom is -0.495 e. The van der Waals surface area contributed by atoms with Gasteiger partial charge in [-0.05, 0) is 30.9 Å². The van der Waals surface area contributed by atoms with E-state index in [9.17, 15) is 13.2 Å². The van der Waals surface area contributed by atoms with Gasteiger partial charge in [0, 0.05) is 25.6 Å². The van der Waals surface area contributed by atoms with E-state index in [4.69, 9.17) is 4.74 Å². The molecule has 1 N–H and O–H groups in total. The number of nitrogens with one attached hydrogen (secondary N) is 1. The van der Waals surface area contributed by atoms with Crippen molar-refractivity contribution in [1.29, 1.82) is 0 Å². The van der Waals surface area contributed by atoms with Gasteiger partial charge in [0.1, 0.15) is 10.6 Å². The van der Waals surface area contributed by atoms with Crippen molar-refractivity contribution in [2.75, 3.05) is 20.2 Å². The number of methoxy groups -OCH3 is 1. The van der Waals surface area contributed by atoms with Crippen molar-refractivity contribution >= 4 is 15.9 Å². The van der Waals surface area contributed by atoms with Crippen molar-refractivity contribution in [1.82, 2.24) is 9.62 Å². The smallest absolute Gasteiger partial charge is 0.244 e. The number of ether oxygens (including phenoxy) is 1. The average Bonchev–Trinajstić information content (AvgIpc) is 2.54. The maximum atomic E-state index is 12.6. The second-order valence-electron chi connectivity index (χ2n) is 6.53. The van der Waals surface area contributed by atoms with E-state index in [2.05, 4.69) is 4.72 Å². The zero-order valence-corrected chi connectivity index (χ0v) is 15.3. The predicted molar refractivity (Wildman–Crippen MR) is 92.4 cm³/mol. The Bertz CT molecular complexity index is 665. The van der Waals surface area contributed by atoms with E-state index in [-0.39, 0.29) is 16.8 Å². The zero-order valence-electron chi connectivity index (χ0n) is 14.5. The summed E-state index contributed by atoms with van der Waals surface area (Å²) in [5.74, 6) is 0.810. The van der Waals surface area contributed by atoms with Gasteiger partial charge in [-0.2, -0.15) is 0 Å². The Labute approximate surface area is 144 Å². The van der Waals surface area contributed by atoms with Crippen molar-refractivity contribution in [3.8, 4) is 5.75 Å². The minimum atomic E-state index is -3.64. The lowest BCUT2D eigenvalue weighted by Crippen LogP contribution is -2.46. The first-order valence-corrected chi connectivity index (χ1v) is 9.75. The van der Waals surface area contributed by atoms with E-state index in [0.717, 1.165) is 0 Å². The third-order valence-corrected chi connectivity index (χ3v) is 5.67. The molecule has 1 fully saturated rings. The molecule has 1 aromatic rings. The number of sulfonamides is 1. The quantitative estimate of drug-likeness (QED) is 0.848. The van der Waals surface area contributed by atoms with Gasteiger partial charge >= 0.3 is 0 Å². The molecule has 1 amide bonds. The van der Waals surface area contributed by atoms with Crippen molar-refractivity contribution in [3.63, 3.8) is 0 Å². The van der Waals surface area contributed by atoms with Gasteiger partial charge in [0.15, 0.2) is 0 Å². The Balaban J connectivity index is 1.97. The van der Waals surface area contributed by atoms with Gasteiger partial charge in [0.2, 0.25) is 15.9 Å². The first kappa shape index (κ1) is 18.7. The van der Waals surface area contributed by atoms with E-state index >= 15 is 0 Å². The summed E-state index contributed by atoms with van der Waals surface area (Å²) < 4.78 is 33.0. The van der Waals surface area contributed by atoms with Gasteiger partial charge in [-0.1, -0.05) is 26.0 Å². The van der Waals surface area contributed by atoms with Crippen LogP contribution in [0.1, 0.15) is 33.1 Å². The number of likely N-dealkylation sites (tertiary alicyclic amines) is 1. The highest BCUT2D eigenvalue weighted by molar-refractivity contribution is 7.89. The normalized spacial score (nSPS) is 16.4. The SMILES string of the molecule is COc1ccccc1S(=O)(=O)NC1CCN(C(=O)CC(C)C)CC1. The molecule has 7 heteroatoms. The third-order valence-electron chi connectivity index (χ3n) is 4.11. The molecule has 1 saturated heterocycles. The molecule has 1 heterocycles. The second kappa shape index (κ2) is 7.98. The first-order valence-electron chi connectivity index (χ1n) is 8.26. The third kappa shape index (κ3) is 4.70. The van der Waals surface area contributed by atoms with Gasteiger partial charge in [-0.15, -0.1) is 0 Å². The second-order valence-corrected chi connectivity index (χ2v) is 8.21. The standard InChI is InChI=1S/C17H26N2O4S/c1-13(2)12-17(20)19-10-8-14(9-11-19)18-24(21,22)16-7-5-4-6-15(16)23-3/h4-7,13-14,18H,8-12H2,1-3H3. The van der Waals surface area contributed by atoms with Crippen LogP contribution in [0.25, 0.3) is 0 Å². The van der Waals surface area contributed by atoms with Crippen LogP contribution in [0, 0.1) is 5.92 Å². The number of benzene rings is 1. The summed E-state index contributed by atoms with van der Waals surface area (Å²) in [6.45, 7) is 5.22. The molecule has 6 nitrogen and oxygen atoms in total. The molecule has 0 aliphatic carbocycles. The fraction of sp³-hybridized carbons (Fsp3) is 0.588. The Morgan fingerprint density at radius 1 is 1.29 bits per heavy atom. The monoisotopic (exact) mass is 354 g/mol. The molecular weight excluding hydrogens is 328 g/mol. The highest BCUT2D eigenvalue weighted by Gasteiger charge is 2.28. The van der Waals surface area contributed by atoms with Crippen molar-refractivity contribution < 1.29 is 17.9 Å². The van der Waals surface area contributed by atoms with Gasteiger partial charge in [0.25, 0.3) is 0 Å². The van der Waals surface area contributed by atoms with Crippen LogP contribution in [0.2, 0.25) is 0 Å². The molecule has 0 spiro atoms. The summed E-state index contributed by atoms with van der Waals surface area (Å²) in [5, 5.41) is 0. The number of nitrogens with zero attached hydrogens (tertiary/aromatic N) is 1. The molecule has 2 rings (SSSR count). The fourth-order valence-corrected chi connectivity index (χ4v) is 4.32. The molecule has 0 unspecified atom stereocenters. The molecule has 0 aromatic heterocycles. The van der Waals surface area contributed by atoms with Crippen LogP contribution in [-0.4, -0.2) is 45.5 Å². The average molecular weight is 354 g/mol. The van der Waals surface area contributed by atoms with Crippen LogP contribution in [0.3, 0.4) is 0 Å². The molecule has 134 valence electrons. The number of piperidine rings is 1. The number of rotatable bonds is 6. The fourth-order valence-electron chi connectivity index (χ4n) is 2.85. The molecule has 0 radical (unpaired) electrons. The van der Waals surface area contributed by atoms with Gasteiger partial charge in [0.05, 0.1) is 7.11 Å². The Morgan fingerprint density at radius 3 is 2.50 bits per heavy atom. The lowest BCUT2D eigenvalue weighted by atomic mass is 10.0. The Hall–Kier alpha value is -1.60. The summed E-state index contributed by atoms with van der Waals surface area (Å²) in [4.78, 5) is 14.0. The molecule has 0 bridgehead atoms. The number of para-hydroxylation sites is 1. The van der Waals surface area contributed by atoms with Crippen molar-refractivity contribution in [3.05, 3.63) is 24.3 Å². The summed E-state index contributed by atoms with van der Waals surface area (Å²) in [6.07, 6.45) is 1.79. The Kier molecular flexibility index (Phi) is 6.23. The molecule has 1 aliphatic heterocycles. The van der Waals surface area contributed by atoms with E-state index in [1.54, 1.807) is 18.2 Å². The highest BCUT2D eigenvalue weighted by Crippen LogP contribution is 2.24. The van der Waals surface area contributed by atoms with Crippen LogP contribution in [0.4, 0.5) is 0 Å². The zero-order chi connectivity index (χ0) is 17.7. The number of hydrogen-bond acceptors (Lipinski definition) is 4. The van der Waals surface area contributed by atoms with Gasteiger partial charge in [-0.25, -0.2) is 13.1 Å². The number of carbonyl (C=O) groups excluding carboxylic acids is 1. The van der Waals surface area contributed by atoms with Crippen molar-refractivity contribution in [2.24, 2.45) is 5.92 Å². The minimum absolute atomic E-state index is 0.144. The summed E-state index contributed by atoms with van der Waals surface area (Å²) >= 11 is 0. The molecular formula is C17H26N2O4S. The highest BCUT2D eigenvalue weighted by atomic mass is 32.2. The molecule has 1 aliphatic rings. The number of amides is 1. The topological polar surface area (TPSA) is 75.7 Å². The van der Waals surface area contributed by atoms with E-state index < -0.39 is 10.0 Å². The largest absolute Gasteiger partial charge is 0.495 e. The maximum absolute atomic E-state index is 12.6. The number of hydrogen-bond donors (Lipinski definition) is 1. The lowest BCUT2D eigenvalue weighted by Gasteiger charge is -2.32. The summed E-state index contributed by atoms with van der Waals surface area (Å²) in [7, 11) is -2.19. The molecule has 0 atom stereocenters. The van der Waals surface area contributed by atoms with Crippen LogP contribution in [-0.2, 0) is 14.8 Å². The molecule has 24 heavy (non-hydrogen) atoms. The lowest BCUT2D eigenvalue weighted by molar-refractivity contribution is -0.133. The van der Waals surface area contributed by atoms with Crippen LogP contribution in [0.15, 0.2) is 29.2 Å². The predicted octanol–water partition coefficient (Wildman–Crippen LogP) is 2.01. The summed E-state index contributed by atoms with van der Waals surface area (Å²) in [6, 6.07) is 6.40. The maximum Gasteiger partial charge on any atom is 0.244 e. The van der Waals surface area contributed by atoms with Crippen LogP contribution in [0.5, 0.6) is 5.75 Å². The van der Waals surface area contributed by atoms with Crippen molar-refractivity contribution in [2.45, 2.75) is 44.0 Å². The van der Waals surface area contributed by atoms with E-state index in [0.29, 0.717) is 44.0 Å². The summed E-state index contributed by atoms with van der Waals surface area (Å²) in [5.41, 5.74) is 0. The molecule has 0 saturated carbocycles. The molecule has 1 aromatic carbocycles. The van der Waals surface area contributed by atoms with Crippen LogP contribution < -0.4 is 9.46 Å². The number of carbonyl (C=O) groups is 1. The van der Waals surface area contributed by atoms with Gasteiger partial charge in [-0.3, -0.25) is 4.79 Å². The Morgan fingerprint density at radius 2 is 1.92 bits per heavy atom. The van der Waals surface area contributed by atoms with E-state index in [1.165, 1.54) is 13.2 Å². The van der Waals surface area contributed by atoms with Crippen LogP contribution >= 0.6 is 0 Å². The van der Waals surface area contributed by atoms with Gasteiger partial charge < -0.3 is 9.64 Å². The first-order chi connectivity index (χ1) is 11.3. The van der Waals surface area contributed by atoms with E-state index in [1.807, 2.05) is 18.7 Å².